The van der Waals surface area contributed by atoms with Crippen molar-refractivity contribution in [1.29, 1.82) is 5.26 Å². The number of hydrogen-bond donors (Lipinski definition) is 3. The van der Waals surface area contributed by atoms with E-state index in [9.17, 15) is 0 Å². The number of aromatic nitrogens is 6. The van der Waals surface area contributed by atoms with Crippen LogP contribution in [0.1, 0.15) is 24.4 Å². The van der Waals surface area contributed by atoms with Gasteiger partial charge in [0.25, 0.3) is 5.89 Å². The van der Waals surface area contributed by atoms with E-state index in [-0.39, 0.29) is 18.1 Å². The van der Waals surface area contributed by atoms with Gasteiger partial charge in [0.2, 0.25) is 5.89 Å². The molecule has 1 saturated heterocycles. The zero-order valence-corrected chi connectivity index (χ0v) is 16.2. The first-order chi connectivity index (χ1) is 14.5. The third-order valence-electron chi connectivity index (χ3n) is 4.64. The lowest BCUT2D eigenvalue weighted by molar-refractivity contribution is 0.131. The summed E-state index contributed by atoms with van der Waals surface area (Å²) in [7, 11) is 0. The van der Waals surface area contributed by atoms with E-state index in [1.807, 2.05) is 6.07 Å². The van der Waals surface area contributed by atoms with E-state index >= 15 is 4.39 Å². The minimum Gasteiger partial charge on any atom is -0.419 e. The monoisotopic (exact) mass is 410 g/mol. The minimum absolute atomic E-state index is 0.108. The summed E-state index contributed by atoms with van der Waals surface area (Å²) >= 11 is 0. The standard InChI is InChI=1S/C18H19FN10O/c1-11-26-29-17(30-11)16-13(24-10-18(19)2-4-21-5-3-18)6-14(27-28-16)25-15-9-22-12(7-20)8-23-15/h6,8-9,21H,2-5,10H2,1H3,(H2,23,24,25,27). The molecular weight excluding hydrogens is 391 g/mol. The van der Waals surface area contributed by atoms with Crippen LogP contribution in [0.25, 0.3) is 11.6 Å². The van der Waals surface area contributed by atoms with Gasteiger partial charge >= 0.3 is 0 Å². The maximum Gasteiger partial charge on any atom is 0.270 e. The molecule has 4 heterocycles. The van der Waals surface area contributed by atoms with E-state index in [4.69, 9.17) is 9.68 Å². The number of alkyl halides is 1. The van der Waals surface area contributed by atoms with Crippen molar-refractivity contribution in [2.75, 3.05) is 30.3 Å². The molecule has 3 N–H and O–H groups in total. The SMILES string of the molecule is Cc1nnc(-c2nnc(Nc3cnc(C#N)cn3)cc2NCC2(F)CCNCC2)o1. The summed E-state index contributed by atoms with van der Waals surface area (Å²) in [6.45, 7) is 3.04. The second-order valence-electron chi connectivity index (χ2n) is 6.90. The molecule has 1 fully saturated rings. The molecule has 1 aliphatic rings. The molecule has 0 saturated carbocycles. The van der Waals surface area contributed by atoms with Gasteiger partial charge in [-0.1, -0.05) is 0 Å². The average Bonchev–Trinajstić information content (AvgIpc) is 3.19. The maximum absolute atomic E-state index is 15.1. The van der Waals surface area contributed by atoms with E-state index in [2.05, 4.69) is 46.3 Å². The highest BCUT2D eigenvalue weighted by molar-refractivity contribution is 5.71. The van der Waals surface area contributed by atoms with Crippen molar-refractivity contribution in [1.82, 2.24) is 35.7 Å². The van der Waals surface area contributed by atoms with Crippen molar-refractivity contribution in [3.63, 3.8) is 0 Å². The second kappa shape index (κ2) is 8.34. The number of nitrogens with zero attached hydrogens (tertiary/aromatic N) is 7. The fourth-order valence-electron chi connectivity index (χ4n) is 3.02. The third-order valence-corrected chi connectivity index (χ3v) is 4.64. The number of hydrogen-bond acceptors (Lipinski definition) is 11. The lowest BCUT2D eigenvalue weighted by atomic mass is 9.94. The van der Waals surface area contributed by atoms with Crippen LogP contribution < -0.4 is 16.0 Å². The van der Waals surface area contributed by atoms with Crippen LogP contribution in [0.3, 0.4) is 0 Å². The van der Waals surface area contributed by atoms with E-state index in [1.54, 1.807) is 13.0 Å². The molecule has 12 heteroatoms. The second-order valence-corrected chi connectivity index (χ2v) is 6.90. The zero-order valence-electron chi connectivity index (χ0n) is 16.2. The molecule has 0 radical (unpaired) electrons. The molecule has 0 amide bonds. The lowest BCUT2D eigenvalue weighted by Gasteiger charge is -2.30. The molecular formula is C18H19FN10O. The Morgan fingerprint density at radius 1 is 1.17 bits per heavy atom. The minimum atomic E-state index is -1.33. The molecule has 11 nitrogen and oxygen atoms in total. The number of nitriles is 1. The van der Waals surface area contributed by atoms with Crippen LogP contribution in [-0.2, 0) is 0 Å². The Kier molecular flexibility index (Phi) is 5.44. The van der Waals surface area contributed by atoms with Crippen molar-refractivity contribution >= 4 is 17.3 Å². The Morgan fingerprint density at radius 2 is 2.00 bits per heavy atom. The van der Waals surface area contributed by atoms with Crippen LogP contribution in [0, 0.1) is 18.3 Å². The molecule has 0 aliphatic carbocycles. The molecule has 0 atom stereocenters. The third kappa shape index (κ3) is 4.47. The summed E-state index contributed by atoms with van der Waals surface area (Å²) in [6.07, 6.45) is 3.58. The Morgan fingerprint density at radius 3 is 2.67 bits per heavy atom. The number of piperidine rings is 1. The van der Waals surface area contributed by atoms with Crippen LogP contribution in [-0.4, -0.2) is 55.7 Å². The molecule has 3 aromatic rings. The Hall–Kier alpha value is -3.72. The van der Waals surface area contributed by atoms with E-state index < -0.39 is 5.67 Å². The fraction of sp³-hybridized carbons (Fsp3) is 0.389. The maximum atomic E-state index is 15.1. The van der Waals surface area contributed by atoms with Gasteiger partial charge in [-0.05, 0) is 25.9 Å². The number of rotatable bonds is 6. The summed E-state index contributed by atoms with van der Waals surface area (Å²) in [5.41, 5.74) is -0.313. The highest BCUT2D eigenvalue weighted by Crippen LogP contribution is 2.29. The lowest BCUT2D eigenvalue weighted by Crippen LogP contribution is -2.43. The van der Waals surface area contributed by atoms with Gasteiger partial charge in [-0.25, -0.2) is 14.4 Å². The predicted octanol–water partition coefficient (Wildman–Crippen LogP) is 1.74. The number of anilines is 3. The molecule has 0 unspecified atom stereocenters. The molecule has 154 valence electrons. The largest absolute Gasteiger partial charge is 0.419 e. The van der Waals surface area contributed by atoms with Gasteiger partial charge in [0.1, 0.15) is 17.6 Å². The normalized spacial score (nSPS) is 15.4. The van der Waals surface area contributed by atoms with Crippen LogP contribution in [0.4, 0.5) is 21.7 Å². The summed E-state index contributed by atoms with van der Waals surface area (Å²) in [5.74, 6) is 1.31. The Bertz CT molecular complexity index is 1060. The van der Waals surface area contributed by atoms with Gasteiger partial charge in [-0.15, -0.1) is 20.4 Å². The highest BCUT2D eigenvalue weighted by Gasteiger charge is 2.32. The van der Waals surface area contributed by atoms with Crippen molar-refractivity contribution in [2.24, 2.45) is 0 Å². The number of aryl methyl sites for hydroxylation is 1. The molecule has 4 rings (SSSR count). The quantitative estimate of drug-likeness (QED) is 0.545. The molecule has 0 aromatic carbocycles. The summed E-state index contributed by atoms with van der Waals surface area (Å²) in [4.78, 5) is 8.05. The molecule has 3 aromatic heterocycles. The molecule has 0 spiro atoms. The van der Waals surface area contributed by atoms with E-state index in [0.717, 1.165) is 0 Å². The van der Waals surface area contributed by atoms with Crippen LogP contribution in [0.15, 0.2) is 22.9 Å². The molecule has 1 aliphatic heterocycles. The van der Waals surface area contributed by atoms with Gasteiger partial charge in [-0.2, -0.15) is 5.26 Å². The van der Waals surface area contributed by atoms with Crippen molar-refractivity contribution in [3.05, 3.63) is 30.0 Å². The summed E-state index contributed by atoms with van der Waals surface area (Å²) in [5, 5.41) is 34.2. The van der Waals surface area contributed by atoms with E-state index in [1.165, 1.54) is 12.4 Å². The van der Waals surface area contributed by atoms with Crippen LogP contribution in [0.5, 0.6) is 0 Å². The smallest absolute Gasteiger partial charge is 0.270 e. The van der Waals surface area contributed by atoms with E-state index in [0.29, 0.717) is 54.8 Å². The van der Waals surface area contributed by atoms with Gasteiger partial charge in [-0.3, -0.25) is 0 Å². The van der Waals surface area contributed by atoms with Gasteiger partial charge < -0.3 is 20.4 Å². The first-order valence-electron chi connectivity index (χ1n) is 9.35. The Labute approximate surface area is 171 Å². The first-order valence-corrected chi connectivity index (χ1v) is 9.35. The highest BCUT2D eigenvalue weighted by atomic mass is 19.1. The molecule has 0 bridgehead atoms. The van der Waals surface area contributed by atoms with Crippen LogP contribution >= 0.6 is 0 Å². The van der Waals surface area contributed by atoms with Gasteiger partial charge in [0.05, 0.1) is 18.1 Å². The number of nitrogens with one attached hydrogen (secondary N) is 3. The molecule has 30 heavy (non-hydrogen) atoms. The van der Waals surface area contributed by atoms with Crippen molar-refractivity contribution in [2.45, 2.75) is 25.4 Å². The summed E-state index contributed by atoms with van der Waals surface area (Å²) in [6, 6.07) is 3.56. The van der Waals surface area contributed by atoms with Crippen molar-refractivity contribution in [3.8, 4) is 17.7 Å². The van der Waals surface area contributed by atoms with Gasteiger partial charge in [0, 0.05) is 19.5 Å². The number of halogens is 1. The van der Waals surface area contributed by atoms with Crippen molar-refractivity contribution < 1.29 is 8.81 Å². The first kappa shape index (κ1) is 19.6. The summed E-state index contributed by atoms with van der Waals surface area (Å²) < 4.78 is 20.5. The van der Waals surface area contributed by atoms with Gasteiger partial charge in [0.15, 0.2) is 17.2 Å². The average molecular weight is 410 g/mol. The topological polar surface area (TPSA) is 150 Å². The zero-order chi connectivity index (χ0) is 21.0. The fourth-order valence-corrected chi connectivity index (χ4v) is 3.02. The Balaban J connectivity index is 1.59. The van der Waals surface area contributed by atoms with Crippen LogP contribution in [0.2, 0.25) is 0 Å². The predicted molar refractivity (Wildman–Crippen MR) is 105 cm³/mol.